The summed E-state index contributed by atoms with van der Waals surface area (Å²) in [6.45, 7) is 0. The summed E-state index contributed by atoms with van der Waals surface area (Å²) >= 11 is 0. The predicted octanol–water partition coefficient (Wildman–Crippen LogP) is 0.467. The van der Waals surface area contributed by atoms with Crippen molar-refractivity contribution in [2.24, 2.45) is 0 Å². The number of anilines is 1. The number of aliphatic hydroxyl groups excluding tert-OH is 1. The minimum absolute atomic E-state index is 0.0582. The van der Waals surface area contributed by atoms with E-state index in [4.69, 9.17) is 5.26 Å². The highest BCUT2D eigenvalue weighted by Crippen LogP contribution is 2.21. The fraction of sp³-hybridized carbons (Fsp3) is 0.583. The van der Waals surface area contributed by atoms with E-state index in [1.54, 1.807) is 6.07 Å². The van der Waals surface area contributed by atoms with Crippen LogP contribution in [0.5, 0.6) is 0 Å². The summed E-state index contributed by atoms with van der Waals surface area (Å²) in [7, 11) is -3.57. The topological polar surface area (TPSA) is 116 Å². The Morgan fingerprint density at radius 1 is 1.40 bits per heavy atom. The Bertz CT molecular complexity index is 631. The van der Waals surface area contributed by atoms with Gasteiger partial charge in [-0.2, -0.15) is 10.2 Å². The van der Waals surface area contributed by atoms with Crippen LogP contribution in [0.25, 0.3) is 0 Å². The second-order valence-corrected chi connectivity index (χ2v) is 6.88. The molecule has 0 bridgehead atoms. The summed E-state index contributed by atoms with van der Waals surface area (Å²) in [6.07, 6.45) is 4.92. The zero-order valence-corrected chi connectivity index (χ0v) is 11.9. The van der Waals surface area contributed by atoms with Crippen LogP contribution in [0.2, 0.25) is 0 Å². The average Bonchev–Trinajstić information content (AvgIpc) is 2.40. The third-order valence-electron chi connectivity index (χ3n) is 3.26. The molecule has 108 valence electrons. The Morgan fingerprint density at radius 2 is 2.05 bits per heavy atom. The van der Waals surface area contributed by atoms with Gasteiger partial charge in [0.2, 0.25) is 5.95 Å². The van der Waals surface area contributed by atoms with E-state index in [0.717, 1.165) is 19.1 Å². The van der Waals surface area contributed by atoms with Gasteiger partial charge in [0.1, 0.15) is 11.6 Å². The molecular weight excluding hydrogens is 280 g/mol. The molecule has 8 heteroatoms. The molecule has 0 aliphatic heterocycles. The number of aliphatic hydroxyl groups is 1. The summed E-state index contributed by atoms with van der Waals surface area (Å²) in [4.78, 5) is 7.90. The standard InChI is InChI=1S/C12H16N4O3S/c1-20(18,19)11-8(6-13)7-14-12(16-11)15-9-2-4-10(17)5-3-9/h7,9-10,17H,2-5H2,1H3,(H,14,15,16)/t9-,10-. The quantitative estimate of drug-likeness (QED) is 0.779. The zero-order chi connectivity index (χ0) is 14.8. The number of nitrogens with zero attached hydrogens (tertiary/aromatic N) is 3. The first kappa shape index (κ1) is 14.7. The Labute approximate surface area is 117 Å². The number of hydrogen-bond acceptors (Lipinski definition) is 7. The van der Waals surface area contributed by atoms with Crippen LogP contribution in [0.15, 0.2) is 11.2 Å². The summed E-state index contributed by atoms with van der Waals surface area (Å²) in [5, 5.41) is 21.1. The SMILES string of the molecule is CS(=O)(=O)c1nc(N[C@H]2CC[C@H](O)CC2)ncc1C#N. The van der Waals surface area contributed by atoms with Crippen LogP contribution >= 0.6 is 0 Å². The molecule has 0 aromatic carbocycles. The Balaban J connectivity index is 2.20. The van der Waals surface area contributed by atoms with Gasteiger partial charge >= 0.3 is 0 Å². The molecule has 20 heavy (non-hydrogen) atoms. The van der Waals surface area contributed by atoms with Crippen LogP contribution in [0.3, 0.4) is 0 Å². The molecule has 0 atom stereocenters. The van der Waals surface area contributed by atoms with Gasteiger partial charge in [0.15, 0.2) is 14.9 Å². The van der Waals surface area contributed by atoms with Crippen molar-refractivity contribution in [3.8, 4) is 6.07 Å². The van der Waals surface area contributed by atoms with E-state index >= 15 is 0 Å². The normalized spacial score (nSPS) is 23.1. The van der Waals surface area contributed by atoms with Gasteiger partial charge in [-0.05, 0) is 25.7 Å². The van der Waals surface area contributed by atoms with Crippen molar-refractivity contribution < 1.29 is 13.5 Å². The van der Waals surface area contributed by atoms with Crippen LogP contribution in [-0.2, 0) is 9.84 Å². The van der Waals surface area contributed by atoms with E-state index in [-0.39, 0.29) is 28.7 Å². The summed E-state index contributed by atoms with van der Waals surface area (Å²) < 4.78 is 23.2. The van der Waals surface area contributed by atoms with Crippen LogP contribution in [0.1, 0.15) is 31.2 Å². The maximum Gasteiger partial charge on any atom is 0.224 e. The van der Waals surface area contributed by atoms with Crippen molar-refractivity contribution in [3.63, 3.8) is 0 Å². The Kier molecular flexibility index (Phi) is 4.20. The van der Waals surface area contributed by atoms with Gasteiger partial charge in [-0.1, -0.05) is 0 Å². The lowest BCUT2D eigenvalue weighted by Gasteiger charge is -2.26. The minimum atomic E-state index is -3.57. The largest absolute Gasteiger partial charge is 0.393 e. The minimum Gasteiger partial charge on any atom is -0.393 e. The summed E-state index contributed by atoms with van der Waals surface area (Å²) in [5.74, 6) is 0.200. The van der Waals surface area contributed by atoms with Gasteiger partial charge in [0.25, 0.3) is 0 Å². The van der Waals surface area contributed by atoms with Crippen molar-refractivity contribution in [3.05, 3.63) is 11.8 Å². The molecule has 7 nitrogen and oxygen atoms in total. The van der Waals surface area contributed by atoms with Crippen molar-refractivity contribution in [2.75, 3.05) is 11.6 Å². The van der Waals surface area contributed by atoms with Gasteiger partial charge in [0, 0.05) is 12.3 Å². The van der Waals surface area contributed by atoms with Crippen LogP contribution in [0, 0.1) is 11.3 Å². The maximum atomic E-state index is 11.6. The van der Waals surface area contributed by atoms with Crippen molar-refractivity contribution in [2.45, 2.75) is 42.9 Å². The van der Waals surface area contributed by atoms with E-state index in [1.807, 2.05) is 0 Å². The van der Waals surface area contributed by atoms with E-state index < -0.39 is 9.84 Å². The number of nitrogens with one attached hydrogen (secondary N) is 1. The molecule has 1 fully saturated rings. The fourth-order valence-electron chi connectivity index (χ4n) is 2.20. The van der Waals surface area contributed by atoms with Crippen molar-refractivity contribution in [1.82, 2.24) is 9.97 Å². The van der Waals surface area contributed by atoms with Gasteiger partial charge in [0.05, 0.1) is 12.3 Å². The number of sulfone groups is 1. The molecule has 0 saturated heterocycles. The fourth-order valence-corrected chi connectivity index (χ4v) is 2.95. The molecule has 0 radical (unpaired) electrons. The first-order valence-electron chi connectivity index (χ1n) is 6.32. The molecule has 0 amide bonds. The van der Waals surface area contributed by atoms with Crippen LogP contribution in [0.4, 0.5) is 5.95 Å². The third kappa shape index (κ3) is 3.43. The zero-order valence-electron chi connectivity index (χ0n) is 11.1. The first-order chi connectivity index (χ1) is 9.40. The van der Waals surface area contributed by atoms with Gasteiger partial charge < -0.3 is 10.4 Å². The molecule has 1 heterocycles. The first-order valence-corrected chi connectivity index (χ1v) is 8.21. The Hall–Kier alpha value is -1.72. The van der Waals surface area contributed by atoms with E-state index in [1.165, 1.54) is 6.20 Å². The number of rotatable bonds is 3. The van der Waals surface area contributed by atoms with Gasteiger partial charge in [-0.25, -0.2) is 13.4 Å². The summed E-state index contributed by atoms with van der Waals surface area (Å²) in [6, 6.07) is 1.88. The number of nitriles is 1. The highest BCUT2D eigenvalue weighted by atomic mass is 32.2. The second-order valence-electron chi connectivity index (χ2n) is 4.95. The molecule has 2 rings (SSSR count). The van der Waals surface area contributed by atoms with Crippen LogP contribution < -0.4 is 5.32 Å². The lowest BCUT2D eigenvalue weighted by Crippen LogP contribution is -2.29. The Morgan fingerprint density at radius 3 is 2.60 bits per heavy atom. The lowest BCUT2D eigenvalue weighted by molar-refractivity contribution is 0.126. The number of hydrogen-bond donors (Lipinski definition) is 2. The molecule has 1 aliphatic carbocycles. The molecular formula is C12H16N4O3S. The second kappa shape index (κ2) is 5.73. The van der Waals surface area contributed by atoms with Gasteiger partial charge in [-0.15, -0.1) is 0 Å². The highest BCUT2D eigenvalue weighted by molar-refractivity contribution is 7.90. The number of aromatic nitrogens is 2. The van der Waals surface area contributed by atoms with E-state index in [0.29, 0.717) is 12.8 Å². The average molecular weight is 296 g/mol. The van der Waals surface area contributed by atoms with Gasteiger partial charge in [-0.3, -0.25) is 0 Å². The van der Waals surface area contributed by atoms with Crippen molar-refractivity contribution >= 4 is 15.8 Å². The summed E-state index contributed by atoms with van der Waals surface area (Å²) in [5.41, 5.74) is -0.0582. The monoisotopic (exact) mass is 296 g/mol. The maximum absolute atomic E-state index is 11.6. The van der Waals surface area contributed by atoms with Crippen molar-refractivity contribution in [1.29, 1.82) is 5.26 Å². The molecule has 1 saturated carbocycles. The highest BCUT2D eigenvalue weighted by Gasteiger charge is 2.22. The van der Waals surface area contributed by atoms with E-state index in [9.17, 15) is 13.5 Å². The van der Waals surface area contributed by atoms with Crippen LogP contribution in [-0.4, -0.2) is 41.9 Å². The molecule has 1 aromatic heterocycles. The molecule has 1 aromatic rings. The van der Waals surface area contributed by atoms with E-state index in [2.05, 4.69) is 15.3 Å². The lowest BCUT2D eigenvalue weighted by atomic mass is 9.93. The molecule has 0 unspecified atom stereocenters. The smallest absolute Gasteiger partial charge is 0.224 e. The predicted molar refractivity (Wildman–Crippen MR) is 71.7 cm³/mol. The molecule has 1 aliphatic rings. The molecule has 0 spiro atoms. The third-order valence-corrected chi connectivity index (χ3v) is 4.27. The molecule has 2 N–H and O–H groups in total.